The van der Waals surface area contributed by atoms with Crippen molar-refractivity contribution in [1.82, 2.24) is 9.80 Å². The third kappa shape index (κ3) is 3.80. The van der Waals surface area contributed by atoms with Gasteiger partial charge in [-0.15, -0.1) is 0 Å². The molecule has 2 aliphatic heterocycles. The van der Waals surface area contributed by atoms with Gasteiger partial charge in [-0.05, 0) is 36.6 Å². The molecule has 0 saturated carbocycles. The molecule has 0 aromatic heterocycles. The topological polar surface area (TPSA) is 59.1 Å². The average molecular weight is 441 g/mol. The first kappa shape index (κ1) is 22.1. The molecule has 7 heteroatoms. The van der Waals surface area contributed by atoms with Crippen LogP contribution in [-0.4, -0.2) is 56.0 Å². The zero-order chi connectivity index (χ0) is 22.8. The highest BCUT2D eigenvalue weighted by Crippen LogP contribution is 2.46. The van der Waals surface area contributed by atoms with Crippen molar-refractivity contribution in [2.24, 2.45) is 0 Å². The Labute approximate surface area is 187 Å². The molecule has 32 heavy (non-hydrogen) atoms. The van der Waals surface area contributed by atoms with Crippen LogP contribution in [0.2, 0.25) is 0 Å². The lowest BCUT2D eigenvalue weighted by Gasteiger charge is -2.41. The van der Waals surface area contributed by atoms with Crippen LogP contribution in [-0.2, 0) is 4.79 Å². The first-order valence-corrected chi connectivity index (χ1v) is 11.0. The highest BCUT2D eigenvalue weighted by atomic mass is 19.1. The van der Waals surface area contributed by atoms with Crippen LogP contribution < -0.4 is 9.47 Å². The van der Waals surface area contributed by atoms with Crippen molar-refractivity contribution in [2.45, 2.75) is 37.6 Å². The van der Waals surface area contributed by atoms with E-state index in [0.717, 1.165) is 25.7 Å². The number of amides is 2. The van der Waals surface area contributed by atoms with Gasteiger partial charge in [-0.1, -0.05) is 31.0 Å². The fourth-order valence-electron chi connectivity index (χ4n) is 4.91. The third-order valence-corrected chi connectivity index (χ3v) is 6.58. The highest BCUT2D eigenvalue weighted by molar-refractivity contribution is 6.02. The van der Waals surface area contributed by atoms with Gasteiger partial charge in [-0.3, -0.25) is 9.59 Å². The zero-order valence-electron chi connectivity index (χ0n) is 18.8. The third-order valence-electron chi connectivity index (χ3n) is 6.58. The first-order valence-electron chi connectivity index (χ1n) is 11.0. The molecule has 2 amide bonds. The predicted molar refractivity (Wildman–Crippen MR) is 119 cm³/mol. The zero-order valence-corrected chi connectivity index (χ0v) is 18.8. The first-order chi connectivity index (χ1) is 15.5. The maximum Gasteiger partial charge on any atom is 0.254 e. The summed E-state index contributed by atoms with van der Waals surface area (Å²) < 4.78 is 25.8. The summed E-state index contributed by atoms with van der Waals surface area (Å²) in [5.41, 5.74) is 1.26. The van der Waals surface area contributed by atoms with E-state index in [9.17, 15) is 14.0 Å². The minimum absolute atomic E-state index is 0.0898. The number of hydrogen-bond acceptors (Lipinski definition) is 4. The molecular formula is C25H29FN2O4. The van der Waals surface area contributed by atoms with E-state index in [2.05, 4.69) is 0 Å². The number of ether oxygens (including phenoxy) is 2. The molecule has 0 N–H and O–H groups in total. The number of halogens is 1. The van der Waals surface area contributed by atoms with Gasteiger partial charge in [0.25, 0.3) is 5.91 Å². The van der Waals surface area contributed by atoms with Gasteiger partial charge in [0.15, 0.2) is 11.5 Å². The van der Waals surface area contributed by atoms with Gasteiger partial charge >= 0.3 is 0 Å². The van der Waals surface area contributed by atoms with E-state index in [0.29, 0.717) is 41.3 Å². The summed E-state index contributed by atoms with van der Waals surface area (Å²) in [6.45, 7) is 1.33. The standard InChI is InChI=1S/C25H29FN2O4/c1-27-23(16-10-6-7-11-19(16)26)22(25(30)28-12-8-4-5-9-13-28)17-14-20(31-2)21(32-3)15-18(17)24(27)29/h6-7,10-11,14-15,22-23H,4-5,8-9,12-13H2,1-3H3. The molecule has 0 aliphatic carbocycles. The Kier molecular flexibility index (Phi) is 6.35. The van der Waals surface area contributed by atoms with Gasteiger partial charge in [-0.25, -0.2) is 4.39 Å². The quantitative estimate of drug-likeness (QED) is 0.717. The van der Waals surface area contributed by atoms with Crippen molar-refractivity contribution < 1.29 is 23.5 Å². The molecule has 2 atom stereocenters. The van der Waals surface area contributed by atoms with Crippen LogP contribution in [0.5, 0.6) is 11.5 Å². The van der Waals surface area contributed by atoms with E-state index in [1.807, 2.05) is 4.90 Å². The van der Waals surface area contributed by atoms with Crippen LogP contribution in [0.1, 0.15) is 59.1 Å². The highest BCUT2D eigenvalue weighted by Gasteiger charge is 2.45. The summed E-state index contributed by atoms with van der Waals surface area (Å²) in [5.74, 6) is -0.706. The van der Waals surface area contributed by atoms with E-state index in [4.69, 9.17) is 9.47 Å². The monoisotopic (exact) mass is 440 g/mol. The molecule has 2 unspecified atom stereocenters. The Morgan fingerprint density at radius 3 is 2.22 bits per heavy atom. The number of likely N-dealkylation sites (N-methyl/N-ethyl adjacent to an activating group) is 1. The van der Waals surface area contributed by atoms with Gasteiger partial charge in [0.2, 0.25) is 5.91 Å². The number of carbonyl (C=O) groups excluding carboxylic acids is 2. The van der Waals surface area contributed by atoms with Crippen molar-refractivity contribution in [2.75, 3.05) is 34.4 Å². The summed E-state index contributed by atoms with van der Waals surface area (Å²) in [6.07, 6.45) is 4.06. The summed E-state index contributed by atoms with van der Waals surface area (Å²) in [4.78, 5) is 30.7. The number of benzene rings is 2. The van der Waals surface area contributed by atoms with Crippen LogP contribution in [0.4, 0.5) is 4.39 Å². The minimum Gasteiger partial charge on any atom is -0.493 e. The van der Waals surface area contributed by atoms with E-state index >= 15 is 0 Å². The number of fused-ring (bicyclic) bond motifs is 1. The van der Waals surface area contributed by atoms with Crippen molar-refractivity contribution in [3.05, 3.63) is 58.9 Å². The molecule has 2 heterocycles. The summed E-state index contributed by atoms with van der Waals surface area (Å²) in [6, 6.07) is 8.92. The lowest BCUT2D eigenvalue weighted by molar-refractivity contribution is -0.134. The molecule has 0 radical (unpaired) electrons. The SMILES string of the molecule is COc1cc2c(cc1OC)C(C(=O)N1CCCCCC1)C(c1ccccc1F)N(C)C2=O. The van der Waals surface area contributed by atoms with Crippen molar-refractivity contribution in [1.29, 1.82) is 0 Å². The number of likely N-dealkylation sites (tertiary alicyclic amines) is 1. The lowest BCUT2D eigenvalue weighted by atomic mass is 9.78. The second-order valence-electron chi connectivity index (χ2n) is 8.39. The van der Waals surface area contributed by atoms with Crippen LogP contribution >= 0.6 is 0 Å². The molecule has 0 bridgehead atoms. The Bertz CT molecular complexity index is 1020. The lowest BCUT2D eigenvalue weighted by Crippen LogP contribution is -2.47. The number of carbonyl (C=O) groups is 2. The normalized spacial score (nSPS) is 21.1. The Hall–Kier alpha value is -3.09. The summed E-state index contributed by atoms with van der Waals surface area (Å²) >= 11 is 0. The molecule has 0 spiro atoms. The molecule has 2 aromatic carbocycles. The minimum atomic E-state index is -0.759. The Morgan fingerprint density at radius 2 is 1.59 bits per heavy atom. The van der Waals surface area contributed by atoms with E-state index in [1.54, 1.807) is 37.4 Å². The number of hydrogen-bond donors (Lipinski definition) is 0. The largest absolute Gasteiger partial charge is 0.493 e. The molecule has 1 saturated heterocycles. The summed E-state index contributed by atoms with van der Waals surface area (Å²) in [5, 5.41) is 0. The maximum absolute atomic E-state index is 15.0. The van der Waals surface area contributed by atoms with Crippen LogP contribution in [0.15, 0.2) is 36.4 Å². The van der Waals surface area contributed by atoms with Crippen molar-refractivity contribution in [3.63, 3.8) is 0 Å². The fraction of sp³-hybridized carbons (Fsp3) is 0.440. The predicted octanol–water partition coefficient (Wildman–Crippen LogP) is 4.16. The fourth-order valence-corrected chi connectivity index (χ4v) is 4.91. The second-order valence-corrected chi connectivity index (χ2v) is 8.39. The van der Waals surface area contributed by atoms with E-state index < -0.39 is 17.8 Å². The number of methoxy groups -OCH3 is 2. The van der Waals surface area contributed by atoms with Crippen molar-refractivity contribution in [3.8, 4) is 11.5 Å². The van der Waals surface area contributed by atoms with Crippen molar-refractivity contribution >= 4 is 11.8 Å². The summed E-state index contributed by atoms with van der Waals surface area (Å²) in [7, 11) is 4.64. The van der Waals surface area contributed by atoms with Gasteiger partial charge in [0, 0.05) is 31.3 Å². The molecule has 2 aromatic rings. The molecular weight excluding hydrogens is 411 g/mol. The van der Waals surface area contributed by atoms with Gasteiger partial charge in [-0.2, -0.15) is 0 Å². The van der Waals surface area contributed by atoms with Gasteiger partial charge < -0.3 is 19.3 Å². The van der Waals surface area contributed by atoms with E-state index in [1.165, 1.54) is 25.2 Å². The van der Waals surface area contributed by atoms with E-state index in [-0.39, 0.29) is 11.8 Å². The second kappa shape index (κ2) is 9.18. The smallest absolute Gasteiger partial charge is 0.254 e. The maximum atomic E-state index is 15.0. The van der Waals surface area contributed by atoms with Crippen LogP contribution in [0, 0.1) is 5.82 Å². The number of nitrogens with zero attached hydrogens (tertiary/aromatic N) is 2. The molecule has 4 rings (SSSR count). The molecule has 2 aliphatic rings. The number of rotatable bonds is 4. The Balaban J connectivity index is 1.91. The Morgan fingerprint density at radius 1 is 0.969 bits per heavy atom. The molecule has 6 nitrogen and oxygen atoms in total. The molecule has 1 fully saturated rings. The molecule has 170 valence electrons. The van der Waals surface area contributed by atoms with Gasteiger partial charge in [0.1, 0.15) is 5.82 Å². The van der Waals surface area contributed by atoms with Gasteiger partial charge in [0.05, 0.1) is 26.2 Å². The average Bonchev–Trinajstić information content (AvgIpc) is 3.10. The van der Waals surface area contributed by atoms with Crippen LogP contribution in [0.25, 0.3) is 0 Å². The van der Waals surface area contributed by atoms with Crippen LogP contribution in [0.3, 0.4) is 0 Å².